The van der Waals surface area contributed by atoms with Crippen LogP contribution in [-0.4, -0.2) is 30.1 Å². The van der Waals surface area contributed by atoms with E-state index in [2.05, 4.69) is 10.6 Å². The molecule has 1 heterocycles. The van der Waals surface area contributed by atoms with E-state index in [1.807, 2.05) is 0 Å². The summed E-state index contributed by atoms with van der Waals surface area (Å²) in [6, 6.07) is 3.67. The van der Waals surface area contributed by atoms with Crippen molar-refractivity contribution in [2.45, 2.75) is 25.3 Å². The number of phenolic OH excluding ortho intramolecular Hbond substituents is 1. The first-order valence-electron chi connectivity index (χ1n) is 6.17. The molecule has 1 saturated heterocycles. The van der Waals surface area contributed by atoms with Crippen molar-refractivity contribution in [3.8, 4) is 5.75 Å². The molecule has 0 spiro atoms. The minimum absolute atomic E-state index is 0.104. The summed E-state index contributed by atoms with van der Waals surface area (Å²) in [4.78, 5) is 11.8. The second kappa shape index (κ2) is 5.82. The van der Waals surface area contributed by atoms with Gasteiger partial charge in [0.1, 0.15) is 11.6 Å². The first-order valence-corrected chi connectivity index (χ1v) is 6.17. The molecule has 0 saturated carbocycles. The zero-order valence-corrected chi connectivity index (χ0v) is 10.1. The number of piperidine rings is 1. The van der Waals surface area contributed by atoms with Gasteiger partial charge >= 0.3 is 0 Å². The first-order chi connectivity index (χ1) is 8.66. The zero-order valence-electron chi connectivity index (χ0n) is 10.1. The normalized spacial score (nSPS) is 19.5. The molecule has 2 rings (SSSR count). The number of carbonyl (C=O) groups excluding carboxylic acids is 1. The number of amides is 1. The van der Waals surface area contributed by atoms with Gasteiger partial charge < -0.3 is 15.7 Å². The molecule has 1 aliphatic heterocycles. The lowest BCUT2D eigenvalue weighted by Gasteiger charge is -2.23. The number of hydrogen-bond acceptors (Lipinski definition) is 3. The number of halogens is 1. The highest BCUT2D eigenvalue weighted by Gasteiger charge is 2.16. The number of aromatic hydroxyl groups is 1. The van der Waals surface area contributed by atoms with Crippen LogP contribution in [-0.2, 0) is 0 Å². The summed E-state index contributed by atoms with van der Waals surface area (Å²) < 4.78 is 12.8. The maximum Gasteiger partial charge on any atom is 0.255 e. The molecular weight excluding hydrogens is 235 g/mol. The molecule has 18 heavy (non-hydrogen) atoms. The summed E-state index contributed by atoms with van der Waals surface area (Å²) in [6.45, 7) is 1.50. The number of phenols is 1. The van der Waals surface area contributed by atoms with E-state index in [4.69, 9.17) is 0 Å². The Labute approximate surface area is 105 Å². The average molecular weight is 252 g/mol. The number of nitrogens with one attached hydrogen (secondary N) is 2. The van der Waals surface area contributed by atoms with E-state index in [9.17, 15) is 14.3 Å². The standard InChI is InChI=1S/C13H17FN2O2/c14-9-4-5-11(12(17)7-9)13(18)16-8-10-3-1-2-6-15-10/h4-5,7,10,15,17H,1-3,6,8H2,(H,16,18). The second-order valence-corrected chi connectivity index (χ2v) is 4.52. The third kappa shape index (κ3) is 3.20. The Bertz CT molecular complexity index is 431. The maximum absolute atomic E-state index is 12.8. The van der Waals surface area contributed by atoms with Gasteiger partial charge in [-0.15, -0.1) is 0 Å². The molecule has 0 bridgehead atoms. The van der Waals surface area contributed by atoms with Gasteiger partial charge in [-0.3, -0.25) is 4.79 Å². The Balaban J connectivity index is 1.90. The summed E-state index contributed by atoms with van der Waals surface area (Å²) in [6.07, 6.45) is 3.37. The van der Waals surface area contributed by atoms with Gasteiger partial charge in [0, 0.05) is 18.7 Å². The van der Waals surface area contributed by atoms with Crippen LogP contribution in [0, 0.1) is 5.82 Å². The molecule has 4 nitrogen and oxygen atoms in total. The summed E-state index contributed by atoms with van der Waals surface area (Å²) >= 11 is 0. The quantitative estimate of drug-likeness (QED) is 0.762. The lowest BCUT2D eigenvalue weighted by molar-refractivity contribution is 0.0945. The maximum atomic E-state index is 12.8. The molecule has 98 valence electrons. The lowest BCUT2D eigenvalue weighted by atomic mass is 10.0. The van der Waals surface area contributed by atoms with Crippen LogP contribution in [0.1, 0.15) is 29.6 Å². The van der Waals surface area contributed by atoms with Gasteiger partial charge in [-0.2, -0.15) is 0 Å². The molecule has 5 heteroatoms. The van der Waals surface area contributed by atoms with Crippen LogP contribution in [0.3, 0.4) is 0 Å². The van der Waals surface area contributed by atoms with Crippen molar-refractivity contribution >= 4 is 5.91 Å². The number of benzene rings is 1. The Morgan fingerprint density at radius 3 is 3.00 bits per heavy atom. The van der Waals surface area contributed by atoms with Gasteiger partial charge in [0.05, 0.1) is 5.56 Å². The minimum atomic E-state index is -0.557. The van der Waals surface area contributed by atoms with Gasteiger partial charge in [-0.05, 0) is 31.5 Å². The van der Waals surface area contributed by atoms with Crippen molar-refractivity contribution in [2.24, 2.45) is 0 Å². The van der Waals surface area contributed by atoms with Crippen LogP contribution in [0.5, 0.6) is 5.75 Å². The van der Waals surface area contributed by atoms with E-state index in [-0.39, 0.29) is 23.3 Å². The molecule has 1 aliphatic rings. The van der Waals surface area contributed by atoms with Crippen LogP contribution in [0.15, 0.2) is 18.2 Å². The largest absolute Gasteiger partial charge is 0.507 e. The molecule has 1 fully saturated rings. The minimum Gasteiger partial charge on any atom is -0.507 e. The fourth-order valence-electron chi connectivity index (χ4n) is 2.11. The highest BCUT2D eigenvalue weighted by atomic mass is 19.1. The van der Waals surface area contributed by atoms with Crippen molar-refractivity contribution in [3.05, 3.63) is 29.6 Å². The summed E-state index contributed by atoms with van der Waals surface area (Å²) in [5.74, 6) is -1.26. The Morgan fingerprint density at radius 1 is 1.50 bits per heavy atom. The fourth-order valence-corrected chi connectivity index (χ4v) is 2.11. The predicted octanol–water partition coefficient (Wildman–Crippen LogP) is 1.40. The third-order valence-electron chi connectivity index (χ3n) is 3.13. The van der Waals surface area contributed by atoms with Crippen molar-refractivity contribution in [1.29, 1.82) is 0 Å². The highest BCUT2D eigenvalue weighted by molar-refractivity contribution is 5.96. The average Bonchev–Trinajstić information content (AvgIpc) is 2.37. The van der Waals surface area contributed by atoms with E-state index in [0.717, 1.165) is 31.5 Å². The van der Waals surface area contributed by atoms with Gasteiger partial charge in [-0.25, -0.2) is 4.39 Å². The van der Waals surface area contributed by atoms with Crippen molar-refractivity contribution in [2.75, 3.05) is 13.1 Å². The summed E-state index contributed by atoms with van der Waals surface area (Å²) in [5, 5.41) is 15.5. The molecule has 3 N–H and O–H groups in total. The molecule has 0 radical (unpaired) electrons. The fraction of sp³-hybridized carbons (Fsp3) is 0.462. The second-order valence-electron chi connectivity index (χ2n) is 4.52. The molecule has 1 aromatic rings. The zero-order chi connectivity index (χ0) is 13.0. The van der Waals surface area contributed by atoms with Gasteiger partial charge in [0.15, 0.2) is 0 Å². The van der Waals surface area contributed by atoms with Crippen LogP contribution in [0.2, 0.25) is 0 Å². The highest BCUT2D eigenvalue weighted by Crippen LogP contribution is 2.17. The third-order valence-corrected chi connectivity index (χ3v) is 3.13. The van der Waals surface area contributed by atoms with E-state index in [0.29, 0.717) is 6.54 Å². The van der Waals surface area contributed by atoms with Gasteiger partial charge in [0.25, 0.3) is 5.91 Å². The molecular formula is C13H17FN2O2. The van der Waals surface area contributed by atoms with Crippen molar-refractivity contribution in [1.82, 2.24) is 10.6 Å². The molecule has 1 atom stereocenters. The van der Waals surface area contributed by atoms with Gasteiger partial charge in [0.2, 0.25) is 0 Å². The van der Waals surface area contributed by atoms with Crippen LogP contribution < -0.4 is 10.6 Å². The van der Waals surface area contributed by atoms with Crippen LogP contribution in [0.25, 0.3) is 0 Å². The first kappa shape index (κ1) is 12.8. The monoisotopic (exact) mass is 252 g/mol. The van der Waals surface area contributed by atoms with E-state index < -0.39 is 5.82 Å². The molecule has 1 aromatic carbocycles. The van der Waals surface area contributed by atoms with E-state index in [1.54, 1.807) is 0 Å². The Kier molecular flexibility index (Phi) is 4.15. The Morgan fingerprint density at radius 2 is 2.33 bits per heavy atom. The van der Waals surface area contributed by atoms with Gasteiger partial charge in [-0.1, -0.05) is 6.42 Å². The van der Waals surface area contributed by atoms with Crippen LogP contribution >= 0.6 is 0 Å². The SMILES string of the molecule is O=C(NCC1CCCCN1)c1ccc(F)cc1O. The summed E-state index contributed by atoms with van der Waals surface area (Å²) in [5.41, 5.74) is 0.104. The smallest absolute Gasteiger partial charge is 0.255 e. The van der Waals surface area contributed by atoms with E-state index in [1.165, 1.54) is 12.5 Å². The lowest BCUT2D eigenvalue weighted by Crippen LogP contribution is -2.43. The molecule has 0 aromatic heterocycles. The summed E-state index contributed by atoms with van der Waals surface area (Å²) in [7, 11) is 0. The topological polar surface area (TPSA) is 61.4 Å². The number of carbonyl (C=O) groups is 1. The van der Waals surface area contributed by atoms with E-state index >= 15 is 0 Å². The van der Waals surface area contributed by atoms with Crippen molar-refractivity contribution < 1.29 is 14.3 Å². The molecule has 1 amide bonds. The predicted molar refractivity (Wildman–Crippen MR) is 66.0 cm³/mol. The molecule has 1 unspecified atom stereocenters. The van der Waals surface area contributed by atoms with Crippen molar-refractivity contribution in [3.63, 3.8) is 0 Å². The number of hydrogen-bond donors (Lipinski definition) is 3. The number of rotatable bonds is 3. The molecule has 0 aliphatic carbocycles. The van der Waals surface area contributed by atoms with Crippen LogP contribution in [0.4, 0.5) is 4.39 Å². The Hall–Kier alpha value is -1.62.